The topological polar surface area (TPSA) is 92.5 Å². The van der Waals surface area contributed by atoms with E-state index in [0.29, 0.717) is 6.42 Å². The third-order valence-electron chi connectivity index (χ3n) is 10.2. The van der Waals surface area contributed by atoms with Gasteiger partial charge in [-0.1, -0.05) is 201 Å². The lowest BCUT2D eigenvalue weighted by molar-refractivity contribution is -0.137. The van der Waals surface area contributed by atoms with Gasteiger partial charge >= 0.3 is 0 Å². The molecule has 0 aliphatic heterocycles. The molecular formula is C43H85N3O3. The van der Waals surface area contributed by atoms with E-state index in [-0.39, 0.29) is 24.7 Å². The molecule has 0 unspecified atom stereocenters. The second-order valence-electron chi connectivity index (χ2n) is 15.1. The highest BCUT2D eigenvalue weighted by Crippen LogP contribution is 2.16. The van der Waals surface area contributed by atoms with Gasteiger partial charge in [0, 0.05) is 25.9 Å². The standard InChI is InChI=1S/C43H85N3O3/c1-4-7-10-13-16-19-20-21-22-23-24-25-26-29-32-35-42(48)45-40(36-37-41(44)47)43(49)46(38-33-30-27-17-14-11-8-5-2)39-34-31-28-18-15-12-9-6-3/h40H,4-39H2,1-3H3,(H2,44,47)(H,45,48)/t40-/m0/s1. The number of carbonyl (C=O) groups is 3. The number of hydrogen-bond acceptors (Lipinski definition) is 3. The third kappa shape index (κ3) is 33.3. The van der Waals surface area contributed by atoms with E-state index in [1.54, 1.807) is 0 Å². The Kier molecular flexibility index (Phi) is 36.4. The van der Waals surface area contributed by atoms with Crippen LogP contribution >= 0.6 is 0 Å². The molecule has 0 aromatic heterocycles. The van der Waals surface area contributed by atoms with Gasteiger partial charge in [-0.05, 0) is 25.7 Å². The van der Waals surface area contributed by atoms with Crippen molar-refractivity contribution in [1.82, 2.24) is 10.2 Å². The van der Waals surface area contributed by atoms with Gasteiger partial charge in [0.25, 0.3) is 0 Å². The summed E-state index contributed by atoms with van der Waals surface area (Å²) in [6, 6.07) is -0.667. The average molecular weight is 692 g/mol. The van der Waals surface area contributed by atoms with Crippen LogP contribution in [0.15, 0.2) is 0 Å². The molecule has 290 valence electrons. The third-order valence-corrected chi connectivity index (χ3v) is 10.2. The summed E-state index contributed by atoms with van der Waals surface area (Å²) in [5.41, 5.74) is 5.48. The fraction of sp³-hybridized carbons (Fsp3) is 0.930. The van der Waals surface area contributed by atoms with Gasteiger partial charge in [0.05, 0.1) is 0 Å². The van der Waals surface area contributed by atoms with Crippen molar-refractivity contribution in [2.45, 2.75) is 245 Å². The predicted molar refractivity (Wildman–Crippen MR) is 212 cm³/mol. The first-order chi connectivity index (χ1) is 24.0. The van der Waals surface area contributed by atoms with E-state index >= 15 is 0 Å². The minimum Gasteiger partial charge on any atom is -0.370 e. The maximum atomic E-state index is 13.8. The fourth-order valence-electron chi connectivity index (χ4n) is 6.89. The smallest absolute Gasteiger partial charge is 0.245 e. The van der Waals surface area contributed by atoms with Crippen LogP contribution in [0.2, 0.25) is 0 Å². The summed E-state index contributed by atoms with van der Waals surface area (Å²) in [4.78, 5) is 40.5. The number of rotatable bonds is 39. The predicted octanol–water partition coefficient (Wildman–Crippen LogP) is 12.1. The maximum Gasteiger partial charge on any atom is 0.245 e. The van der Waals surface area contributed by atoms with Crippen molar-refractivity contribution in [3.05, 3.63) is 0 Å². The van der Waals surface area contributed by atoms with Crippen LogP contribution in [0.5, 0.6) is 0 Å². The van der Waals surface area contributed by atoms with E-state index in [9.17, 15) is 14.4 Å². The molecule has 0 aromatic carbocycles. The molecule has 6 heteroatoms. The van der Waals surface area contributed by atoms with E-state index in [2.05, 4.69) is 26.1 Å². The molecule has 0 aromatic rings. The number of hydrogen-bond donors (Lipinski definition) is 2. The second kappa shape index (κ2) is 37.7. The first-order valence-electron chi connectivity index (χ1n) is 21.8. The summed E-state index contributed by atoms with van der Waals surface area (Å²) in [7, 11) is 0. The highest BCUT2D eigenvalue weighted by Gasteiger charge is 2.26. The Bertz CT molecular complexity index is 724. The normalized spacial score (nSPS) is 11.9. The molecule has 0 radical (unpaired) electrons. The molecule has 0 bridgehead atoms. The maximum absolute atomic E-state index is 13.8. The molecule has 3 N–H and O–H groups in total. The zero-order chi connectivity index (χ0) is 36.0. The molecule has 0 saturated carbocycles. The van der Waals surface area contributed by atoms with Crippen molar-refractivity contribution in [2.24, 2.45) is 5.73 Å². The minimum absolute atomic E-state index is 0.0306. The van der Waals surface area contributed by atoms with Crippen LogP contribution in [0, 0.1) is 0 Å². The van der Waals surface area contributed by atoms with Crippen molar-refractivity contribution in [3.63, 3.8) is 0 Å². The monoisotopic (exact) mass is 692 g/mol. The molecule has 6 nitrogen and oxygen atoms in total. The molecule has 0 aliphatic carbocycles. The van der Waals surface area contributed by atoms with E-state index in [1.807, 2.05) is 4.90 Å². The molecule has 3 amide bonds. The summed E-state index contributed by atoms with van der Waals surface area (Å²) < 4.78 is 0. The van der Waals surface area contributed by atoms with Crippen LogP contribution in [0.25, 0.3) is 0 Å². The molecule has 0 spiro atoms. The average Bonchev–Trinajstić information content (AvgIpc) is 3.09. The SMILES string of the molecule is CCCCCCCCCCCCCCCCCC(=O)N[C@@H](CCC(N)=O)C(=O)N(CCCCCCCCCC)CCCCCCCCCC. The summed E-state index contributed by atoms with van der Waals surface area (Å²) >= 11 is 0. The highest BCUT2D eigenvalue weighted by molar-refractivity contribution is 5.88. The minimum atomic E-state index is -0.667. The summed E-state index contributed by atoms with van der Waals surface area (Å²) in [5.74, 6) is -0.527. The van der Waals surface area contributed by atoms with Gasteiger partial charge in [0.2, 0.25) is 17.7 Å². The Balaban J connectivity index is 4.61. The fourth-order valence-corrected chi connectivity index (χ4v) is 6.89. The lowest BCUT2D eigenvalue weighted by Gasteiger charge is -2.28. The van der Waals surface area contributed by atoms with Crippen molar-refractivity contribution in [3.8, 4) is 0 Å². The Hall–Kier alpha value is -1.59. The van der Waals surface area contributed by atoms with E-state index < -0.39 is 11.9 Å². The Morgan fingerprint density at radius 3 is 1.08 bits per heavy atom. The van der Waals surface area contributed by atoms with Crippen LogP contribution in [0.1, 0.15) is 239 Å². The van der Waals surface area contributed by atoms with E-state index in [4.69, 9.17) is 5.73 Å². The van der Waals surface area contributed by atoms with E-state index in [0.717, 1.165) is 51.6 Å². The summed E-state index contributed by atoms with van der Waals surface area (Å²) in [6.45, 7) is 8.23. The number of carbonyl (C=O) groups excluding carboxylic acids is 3. The molecule has 0 aliphatic rings. The number of nitrogens with two attached hydrogens (primary N) is 1. The summed E-state index contributed by atoms with van der Waals surface area (Å²) in [6.07, 6.45) is 39.8. The van der Waals surface area contributed by atoms with Gasteiger partial charge in [0.15, 0.2) is 0 Å². The van der Waals surface area contributed by atoms with Crippen LogP contribution < -0.4 is 11.1 Å². The van der Waals surface area contributed by atoms with Crippen LogP contribution in [0.3, 0.4) is 0 Å². The van der Waals surface area contributed by atoms with Crippen LogP contribution in [0.4, 0.5) is 0 Å². The van der Waals surface area contributed by atoms with Gasteiger partial charge in [-0.2, -0.15) is 0 Å². The van der Waals surface area contributed by atoms with E-state index in [1.165, 1.54) is 161 Å². The van der Waals surface area contributed by atoms with Crippen molar-refractivity contribution < 1.29 is 14.4 Å². The highest BCUT2D eigenvalue weighted by atomic mass is 16.2. The largest absolute Gasteiger partial charge is 0.370 e. The Morgan fingerprint density at radius 1 is 0.449 bits per heavy atom. The van der Waals surface area contributed by atoms with Gasteiger partial charge in [0.1, 0.15) is 6.04 Å². The van der Waals surface area contributed by atoms with Crippen molar-refractivity contribution >= 4 is 17.7 Å². The first-order valence-corrected chi connectivity index (χ1v) is 21.8. The quantitative estimate of drug-likeness (QED) is 0.0628. The molecular weight excluding hydrogens is 606 g/mol. The zero-order valence-corrected chi connectivity index (χ0v) is 33.3. The number of primary amides is 1. The lowest BCUT2D eigenvalue weighted by atomic mass is 10.0. The second-order valence-corrected chi connectivity index (χ2v) is 15.1. The number of amides is 3. The zero-order valence-electron chi connectivity index (χ0n) is 33.3. The Morgan fingerprint density at radius 2 is 0.755 bits per heavy atom. The van der Waals surface area contributed by atoms with Crippen molar-refractivity contribution in [1.29, 1.82) is 0 Å². The summed E-state index contributed by atoms with van der Waals surface area (Å²) in [5, 5.41) is 3.02. The lowest BCUT2D eigenvalue weighted by Crippen LogP contribution is -2.49. The molecule has 0 heterocycles. The molecule has 0 saturated heterocycles. The van der Waals surface area contributed by atoms with Gasteiger partial charge in [-0.15, -0.1) is 0 Å². The molecule has 0 rings (SSSR count). The van der Waals surface area contributed by atoms with Gasteiger partial charge < -0.3 is 16.0 Å². The number of nitrogens with one attached hydrogen (secondary N) is 1. The number of unbranched alkanes of at least 4 members (excludes halogenated alkanes) is 28. The molecule has 0 fully saturated rings. The van der Waals surface area contributed by atoms with Gasteiger partial charge in [-0.3, -0.25) is 14.4 Å². The molecule has 1 atom stereocenters. The first kappa shape index (κ1) is 47.4. The van der Waals surface area contributed by atoms with Crippen molar-refractivity contribution in [2.75, 3.05) is 13.1 Å². The van der Waals surface area contributed by atoms with Crippen LogP contribution in [-0.4, -0.2) is 41.8 Å². The number of nitrogens with zero attached hydrogens (tertiary/aromatic N) is 1. The Labute approximate surface area is 305 Å². The van der Waals surface area contributed by atoms with Gasteiger partial charge in [-0.25, -0.2) is 0 Å². The van der Waals surface area contributed by atoms with Crippen LogP contribution in [-0.2, 0) is 14.4 Å². The molecule has 49 heavy (non-hydrogen) atoms.